The Labute approximate surface area is 135 Å². The van der Waals surface area contributed by atoms with Gasteiger partial charge in [0.1, 0.15) is 29.8 Å². The van der Waals surface area contributed by atoms with E-state index < -0.39 is 53.9 Å². The van der Waals surface area contributed by atoms with Crippen molar-refractivity contribution >= 4 is 17.4 Å². The number of aliphatic hydroxyl groups excluding tert-OH is 5. The number of hydrogen-bond donors (Lipinski definition) is 7. The van der Waals surface area contributed by atoms with Gasteiger partial charge in [-0.05, 0) is 0 Å². The number of aliphatic hydroxyl groups is 5. The van der Waals surface area contributed by atoms with Crippen molar-refractivity contribution in [2.75, 3.05) is 17.7 Å². The summed E-state index contributed by atoms with van der Waals surface area (Å²) in [5.41, 5.74) is 3.39. The van der Waals surface area contributed by atoms with Gasteiger partial charge in [-0.2, -0.15) is 0 Å². The first-order valence-electron chi connectivity index (χ1n) is 6.74. The Morgan fingerprint density at radius 3 is 2.17 bits per heavy atom. The van der Waals surface area contributed by atoms with Crippen molar-refractivity contribution in [1.82, 2.24) is 9.13 Å². The fourth-order valence-electron chi connectivity index (χ4n) is 1.85. The lowest BCUT2D eigenvalue weighted by molar-refractivity contribution is -0.144. The summed E-state index contributed by atoms with van der Waals surface area (Å²) in [5, 5.41) is 48.6. The fraction of sp³-hybridized carbons (Fsp3) is 0.583. The van der Waals surface area contributed by atoms with E-state index in [1.807, 2.05) is 5.32 Å². The van der Waals surface area contributed by atoms with Crippen LogP contribution in [0.2, 0.25) is 0 Å². The molecule has 0 spiro atoms. The number of nitrogens with one attached hydrogen (secondary N) is 1. The van der Waals surface area contributed by atoms with Crippen molar-refractivity contribution in [3.63, 3.8) is 0 Å². The zero-order valence-electron chi connectivity index (χ0n) is 12.9. The molecule has 136 valence electrons. The Bertz CT molecular complexity index is 727. The second kappa shape index (κ2) is 7.55. The molecule has 1 amide bonds. The van der Waals surface area contributed by atoms with E-state index in [0.29, 0.717) is 4.57 Å². The number of carbonyl (C=O) groups excluding carboxylic acids is 1. The Hall–Kier alpha value is -2.25. The number of nitrogens with two attached hydrogens (primary N) is 1. The summed E-state index contributed by atoms with van der Waals surface area (Å²) in [7, 11) is 2.39. The number of nitrogen functional groups attached to an aromatic ring is 1. The van der Waals surface area contributed by atoms with Crippen LogP contribution in [0.25, 0.3) is 0 Å². The number of amides is 1. The average Bonchev–Trinajstić information content (AvgIpc) is 2.58. The highest BCUT2D eigenvalue weighted by Crippen LogP contribution is 2.12. The van der Waals surface area contributed by atoms with Crippen molar-refractivity contribution in [3.05, 3.63) is 20.8 Å². The van der Waals surface area contributed by atoms with Crippen LogP contribution < -0.4 is 22.3 Å². The van der Waals surface area contributed by atoms with Gasteiger partial charge in [0.15, 0.2) is 6.10 Å². The first kappa shape index (κ1) is 19.8. The van der Waals surface area contributed by atoms with E-state index >= 15 is 0 Å². The molecule has 1 heterocycles. The van der Waals surface area contributed by atoms with E-state index in [-0.39, 0.29) is 5.82 Å². The third-order valence-electron chi connectivity index (χ3n) is 3.48. The second-order valence-electron chi connectivity index (χ2n) is 5.13. The topological polar surface area (TPSA) is 200 Å². The molecule has 12 nitrogen and oxygen atoms in total. The highest BCUT2D eigenvalue weighted by molar-refractivity contribution is 5.96. The number of hydrogen-bond acceptors (Lipinski definition) is 9. The molecular formula is C12H20N4O8. The van der Waals surface area contributed by atoms with Crippen LogP contribution in [0.15, 0.2) is 9.59 Å². The normalized spacial score (nSPS) is 16.3. The lowest BCUT2D eigenvalue weighted by Crippen LogP contribution is -2.50. The SMILES string of the molecule is Cn1c(N)c(NC(=O)[C@H](O)[C@@H](O)[C@H](O)[C@H](O)CO)c(=O)n(C)c1=O. The predicted molar refractivity (Wildman–Crippen MR) is 81.1 cm³/mol. The van der Waals surface area contributed by atoms with Gasteiger partial charge in [-0.3, -0.25) is 18.7 Å². The fourth-order valence-corrected chi connectivity index (χ4v) is 1.85. The molecule has 0 unspecified atom stereocenters. The Morgan fingerprint density at radius 2 is 1.67 bits per heavy atom. The molecule has 0 aliphatic carbocycles. The van der Waals surface area contributed by atoms with Crippen molar-refractivity contribution in [3.8, 4) is 0 Å². The van der Waals surface area contributed by atoms with Crippen LogP contribution in [0.1, 0.15) is 0 Å². The molecule has 1 aromatic heterocycles. The van der Waals surface area contributed by atoms with Crippen LogP contribution in [0.5, 0.6) is 0 Å². The molecule has 0 bridgehead atoms. The first-order chi connectivity index (χ1) is 11.0. The van der Waals surface area contributed by atoms with E-state index in [1.165, 1.54) is 7.05 Å². The van der Waals surface area contributed by atoms with E-state index in [0.717, 1.165) is 11.6 Å². The van der Waals surface area contributed by atoms with Crippen LogP contribution in [0.4, 0.5) is 11.5 Å². The van der Waals surface area contributed by atoms with Crippen LogP contribution in [0, 0.1) is 0 Å². The molecule has 1 aromatic rings. The van der Waals surface area contributed by atoms with Crippen LogP contribution in [-0.4, -0.2) is 71.6 Å². The lowest BCUT2D eigenvalue weighted by atomic mass is 10.0. The summed E-state index contributed by atoms with van der Waals surface area (Å²) in [6.45, 7) is -0.916. The molecule has 0 aliphatic heterocycles. The third kappa shape index (κ3) is 3.63. The molecule has 4 atom stereocenters. The van der Waals surface area contributed by atoms with Gasteiger partial charge in [0.05, 0.1) is 6.61 Å². The monoisotopic (exact) mass is 348 g/mol. The van der Waals surface area contributed by atoms with Gasteiger partial charge in [-0.25, -0.2) is 4.79 Å². The summed E-state index contributed by atoms with van der Waals surface area (Å²) in [6.07, 6.45) is -8.21. The first-order valence-corrected chi connectivity index (χ1v) is 6.74. The molecule has 1 rings (SSSR count). The maximum Gasteiger partial charge on any atom is 0.332 e. The van der Waals surface area contributed by atoms with Gasteiger partial charge in [-0.1, -0.05) is 0 Å². The molecule has 8 N–H and O–H groups in total. The van der Waals surface area contributed by atoms with Gasteiger partial charge in [-0.15, -0.1) is 0 Å². The molecular weight excluding hydrogens is 328 g/mol. The maximum absolute atomic E-state index is 12.0. The highest BCUT2D eigenvalue weighted by atomic mass is 16.4. The zero-order valence-corrected chi connectivity index (χ0v) is 12.9. The average molecular weight is 348 g/mol. The molecule has 0 aliphatic rings. The number of anilines is 2. The van der Waals surface area contributed by atoms with Crippen molar-refractivity contribution in [1.29, 1.82) is 0 Å². The number of rotatable bonds is 6. The minimum absolute atomic E-state index is 0.380. The number of carbonyl (C=O) groups is 1. The Morgan fingerprint density at radius 1 is 1.12 bits per heavy atom. The Balaban J connectivity index is 3.09. The van der Waals surface area contributed by atoms with Gasteiger partial charge in [0.2, 0.25) is 0 Å². The smallest absolute Gasteiger partial charge is 0.332 e. The number of nitrogens with zero attached hydrogens (tertiary/aromatic N) is 2. The summed E-state index contributed by atoms with van der Waals surface area (Å²) in [6, 6.07) is 0. The minimum atomic E-state index is -2.25. The summed E-state index contributed by atoms with van der Waals surface area (Å²) in [5.74, 6) is -1.69. The highest BCUT2D eigenvalue weighted by Gasteiger charge is 2.34. The predicted octanol–water partition coefficient (Wildman–Crippen LogP) is -4.96. The van der Waals surface area contributed by atoms with Gasteiger partial charge < -0.3 is 36.6 Å². The lowest BCUT2D eigenvalue weighted by Gasteiger charge is -2.25. The molecule has 24 heavy (non-hydrogen) atoms. The van der Waals surface area contributed by atoms with Gasteiger partial charge in [0, 0.05) is 14.1 Å². The molecule has 0 aromatic carbocycles. The van der Waals surface area contributed by atoms with E-state index in [4.69, 9.17) is 10.8 Å². The van der Waals surface area contributed by atoms with Crippen LogP contribution in [0.3, 0.4) is 0 Å². The molecule has 0 saturated carbocycles. The third-order valence-corrected chi connectivity index (χ3v) is 3.48. The second-order valence-corrected chi connectivity index (χ2v) is 5.13. The Kier molecular flexibility index (Phi) is 6.22. The quantitative estimate of drug-likeness (QED) is 0.263. The molecule has 0 fully saturated rings. The van der Waals surface area contributed by atoms with E-state index in [9.17, 15) is 34.8 Å². The van der Waals surface area contributed by atoms with Crippen molar-refractivity contribution in [2.45, 2.75) is 24.4 Å². The van der Waals surface area contributed by atoms with Crippen LogP contribution in [-0.2, 0) is 18.9 Å². The number of aromatic nitrogens is 2. The summed E-state index contributed by atoms with van der Waals surface area (Å²) < 4.78 is 1.54. The molecule has 12 heteroatoms. The molecule has 0 radical (unpaired) electrons. The van der Waals surface area contributed by atoms with Gasteiger partial charge >= 0.3 is 5.69 Å². The maximum atomic E-state index is 12.0. The van der Waals surface area contributed by atoms with E-state index in [1.54, 1.807) is 0 Å². The largest absolute Gasteiger partial charge is 0.394 e. The van der Waals surface area contributed by atoms with Gasteiger partial charge in [0.25, 0.3) is 11.5 Å². The van der Waals surface area contributed by atoms with Crippen LogP contribution >= 0.6 is 0 Å². The molecule has 0 saturated heterocycles. The van der Waals surface area contributed by atoms with Crippen molar-refractivity contribution < 1.29 is 30.3 Å². The minimum Gasteiger partial charge on any atom is -0.394 e. The standard InChI is InChI=1S/C12H20N4O8/c1-15-9(13)5(11(23)16(2)12(15)24)14-10(22)8(21)7(20)6(19)4(18)3-17/h4,6-8,17-21H,3,13H2,1-2H3,(H,14,22)/t4-,6-,7+,8-/m1/s1. The summed E-state index contributed by atoms with van der Waals surface area (Å²) >= 11 is 0. The summed E-state index contributed by atoms with van der Waals surface area (Å²) in [4.78, 5) is 35.5. The zero-order chi connectivity index (χ0) is 18.8. The van der Waals surface area contributed by atoms with E-state index in [2.05, 4.69) is 0 Å². The van der Waals surface area contributed by atoms with Crippen molar-refractivity contribution in [2.24, 2.45) is 14.1 Å².